The number of carbonyl (C=O) groups excluding carboxylic acids is 2. The second-order valence-electron chi connectivity index (χ2n) is 3.35. The number of ether oxygens (including phenoxy) is 2. The van der Waals surface area contributed by atoms with Gasteiger partial charge in [-0.15, -0.1) is 12.4 Å². The summed E-state index contributed by atoms with van der Waals surface area (Å²) in [5.41, 5.74) is 0. The van der Waals surface area contributed by atoms with E-state index in [0.717, 1.165) is 0 Å². The van der Waals surface area contributed by atoms with Crippen LogP contribution in [0.5, 0.6) is 0 Å². The van der Waals surface area contributed by atoms with Gasteiger partial charge in [-0.05, 0) is 26.7 Å². The van der Waals surface area contributed by atoms with Crippen LogP contribution in [-0.2, 0) is 19.1 Å². The minimum Gasteiger partial charge on any atom is -0.465 e. The molecule has 0 radical (unpaired) electrons. The average Bonchev–Trinajstić information content (AvgIpc) is 2.67. The summed E-state index contributed by atoms with van der Waals surface area (Å²) in [4.78, 5) is 22.7. The van der Waals surface area contributed by atoms with Gasteiger partial charge in [0.15, 0.2) is 0 Å². The molecule has 0 bridgehead atoms. The average molecular weight is 252 g/mol. The number of nitrogens with one attached hydrogen (secondary N) is 1. The van der Waals surface area contributed by atoms with E-state index in [1.54, 1.807) is 13.8 Å². The minimum absolute atomic E-state index is 0. The van der Waals surface area contributed by atoms with Crippen LogP contribution in [0, 0.1) is 0 Å². The van der Waals surface area contributed by atoms with E-state index in [9.17, 15) is 9.59 Å². The van der Waals surface area contributed by atoms with E-state index < -0.39 is 0 Å². The van der Waals surface area contributed by atoms with Gasteiger partial charge in [-0.1, -0.05) is 0 Å². The number of hydrogen-bond acceptors (Lipinski definition) is 5. The standard InChI is InChI=1S/C10H17NO4.ClH/c1-3-14-9(12)7-5-6-8(11-7)10(13)15-4-2;/h7-8,11H,3-6H2,1-2H3;1H/t7-,8+;. The molecule has 0 saturated carbocycles. The molecule has 1 heterocycles. The highest BCUT2D eigenvalue weighted by molar-refractivity contribution is 5.85. The van der Waals surface area contributed by atoms with Crippen molar-refractivity contribution < 1.29 is 19.1 Å². The summed E-state index contributed by atoms with van der Waals surface area (Å²) in [5.74, 6) is -0.575. The molecule has 1 fully saturated rings. The Bertz CT molecular complexity index is 223. The van der Waals surface area contributed by atoms with E-state index in [2.05, 4.69) is 5.32 Å². The molecule has 0 aromatic rings. The maximum absolute atomic E-state index is 11.3. The first-order valence-electron chi connectivity index (χ1n) is 5.28. The molecule has 1 saturated heterocycles. The molecule has 1 rings (SSSR count). The summed E-state index contributed by atoms with van der Waals surface area (Å²) < 4.78 is 9.72. The quantitative estimate of drug-likeness (QED) is 0.744. The number of hydrogen-bond donors (Lipinski definition) is 1. The molecular formula is C10H18ClNO4. The lowest BCUT2D eigenvalue weighted by Gasteiger charge is -2.12. The first kappa shape index (κ1) is 15.2. The van der Waals surface area contributed by atoms with Crippen molar-refractivity contribution in [1.82, 2.24) is 5.32 Å². The van der Waals surface area contributed by atoms with Crippen LogP contribution in [0.4, 0.5) is 0 Å². The Kier molecular flexibility index (Phi) is 7.08. The normalized spacial score (nSPS) is 23.4. The smallest absolute Gasteiger partial charge is 0.323 e. The summed E-state index contributed by atoms with van der Waals surface area (Å²) >= 11 is 0. The third kappa shape index (κ3) is 3.98. The van der Waals surface area contributed by atoms with Gasteiger partial charge in [0.25, 0.3) is 0 Å². The molecule has 1 aliphatic rings. The number of esters is 2. The Hall–Kier alpha value is -0.810. The highest BCUT2D eigenvalue weighted by Crippen LogP contribution is 2.14. The summed E-state index contributed by atoms with van der Waals surface area (Å²) in [6, 6.07) is -0.723. The summed E-state index contributed by atoms with van der Waals surface area (Å²) in [5, 5.41) is 2.91. The second kappa shape index (κ2) is 7.46. The van der Waals surface area contributed by atoms with E-state index in [4.69, 9.17) is 9.47 Å². The van der Waals surface area contributed by atoms with Gasteiger partial charge in [0.1, 0.15) is 12.1 Å². The third-order valence-corrected chi connectivity index (χ3v) is 2.29. The molecule has 6 heteroatoms. The first-order chi connectivity index (χ1) is 7.19. The molecule has 0 aromatic heterocycles. The predicted molar refractivity (Wildman–Crippen MR) is 60.5 cm³/mol. The molecule has 1 aliphatic heterocycles. The van der Waals surface area contributed by atoms with E-state index >= 15 is 0 Å². The van der Waals surface area contributed by atoms with Gasteiger partial charge < -0.3 is 9.47 Å². The van der Waals surface area contributed by atoms with Crippen molar-refractivity contribution in [3.63, 3.8) is 0 Å². The molecule has 0 amide bonds. The molecule has 94 valence electrons. The van der Waals surface area contributed by atoms with Crippen molar-refractivity contribution in [1.29, 1.82) is 0 Å². The van der Waals surface area contributed by atoms with Crippen LogP contribution in [0.15, 0.2) is 0 Å². The molecular weight excluding hydrogens is 234 g/mol. The van der Waals surface area contributed by atoms with Gasteiger partial charge in [-0.2, -0.15) is 0 Å². The fraction of sp³-hybridized carbons (Fsp3) is 0.800. The molecule has 16 heavy (non-hydrogen) atoms. The van der Waals surface area contributed by atoms with Crippen LogP contribution in [-0.4, -0.2) is 37.2 Å². The third-order valence-electron chi connectivity index (χ3n) is 2.29. The van der Waals surface area contributed by atoms with Gasteiger partial charge >= 0.3 is 11.9 Å². The van der Waals surface area contributed by atoms with Gasteiger partial charge in [0.2, 0.25) is 0 Å². The monoisotopic (exact) mass is 251 g/mol. The van der Waals surface area contributed by atoms with Crippen LogP contribution in [0.1, 0.15) is 26.7 Å². The highest BCUT2D eigenvalue weighted by Gasteiger charge is 2.34. The molecule has 0 aliphatic carbocycles. The second-order valence-corrected chi connectivity index (χ2v) is 3.35. The number of halogens is 1. The fourth-order valence-corrected chi connectivity index (χ4v) is 1.60. The van der Waals surface area contributed by atoms with E-state index in [1.807, 2.05) is 0 Å². The summed E-state index contributed by atoms with van der Waals surface area (Å²) in [7, 11) is 0. The van der Waals surface area contributed by atoms with Crippen molar-refractivity contribution in [2.24, 2.45) is 0 Å². The molecule has 0 unspecified atom stereocenters. The van der Waals surface area contributed by atoms with Gasteiger partial charge in [0.05, 0.1) is 13.2 Å². The number of carbonyl (C=O) groups is 2. The lowest BCUT2D eigenvalue weighted by atomic mass is 10.2. The maximum atomic E-state index is 11.3. The zero-order valence-corrected chi connectivity index (χ0v) is 10.3. The Labute approximate surface area is 101 Å². The van der Waals surface area contributed by atoms with Crippen molar-refractivity contribution in [2.75, 3.05) is 13.2 Å². The van der Waals surface area contributed by atoms with Crippen molar-refractivity contribution in [2.45, 2.75) is 38.8 Å². The SMILES string of the molecule is CCOC(=O)[C@@H]1CC[C@H](C(=O)OCC)N1.Cl. The Morgan fingerprint density at radius 3 is 1.75 bits per heavy atom. The van der Waals surface area contributed by atoms with Crippen LogP contribution >= 0.6 is 12.4 Å². The van der Waals surface area contributed by atoms with Crippen LogP contribution in [0.3, 0.4) is 0 Å². The van der Waals surface area contributed by atoms with E-state index in [0.29, 0.717) is 26.1 Å². The largest absolute Gasteiger partial charge is 0.465 e. The van der Waals surface area contributed by atoms with Gasteiger partial charge in [0, 0.05) is 0 Å². The van der Waals surface area contributed by atoms with Crippen LogP contribution in [0.25, 0.3) is 0 Å². The van der Waals surface area contributed by atoms with Crippen molar-refractivity contribution >= 4 is 24.3 Å². The molecule has 2 atom stereocenters. The van der Waals surface area contributed by atoms with Crippen molar-refractivity contribution in [3.8, 4) is 0 Å². The van der Waals surface area contributed by atoms with E-state index in [1.165, 1.54) is 0 Å². The van der Waals surface area contributed by atoms with E-state index in [-0.39, 0.29) is 36.4 Å². The summed E-state index contributed by atoms with van der Waals surface area (Å²) in [6.07, 6.45) is 1.25. The maximum Gasteiger partial charge on any atom is 0.323 e. The zero-order valence-electron chi connectivity index (χ0n) is 9.52. The summed E-state index contributed by atoms with van der Waals surface area (Å²) in [6.45, 7) is 4.24. The zero-order chi connectivity index (χ0) is 11.3. The fourth-order valence-electron chi connectivity index (χ4n) is 1.60. The Balaban J connectivity index is 0.00000225. The Morgan fingerprint density at radius 2 is 1.44 bits per heavy atom. The molecule has 0 spiro atoms. The molecule has 1 N–H and O–H groups in total. The van der Waals surface area contributed by atoms with Crippen LogP contribution in [0.2, 0.25) is 0 Å². The highest BCUT2D eigenvalue weighted by atomic mass is 35.5. The van der Waals surface area contributed by atoms with Crippen LogP contribution < -0.4 is 5.32 Å². The predicted octanol–water partition coefficient (Wildman–Crippen LogP) is 0.655. The first-order valence-corrected chi connectivity index (χ1v) is 5.28. The molecule has 0 aromatic carbocycles. The molecule has 5 nitrogen and oxygen atoms in total. The lowest BCUT2D eigenvalue weighted by molar-refractivity contribution is -0.146. The Morgan fingerprint density at radius 1 is 1.06 bits per heavy atom. The topological polar surface area (TPSA) is 64.6 Å². The van der Waals surface area contributed by atoms with Gasteiger partial charge in [-0.3, -0.25) is 14.9 Å². The minimum atomic E-state index is -0.362. The van der Waals surface area contributed by atoms with Crippen molar-refractivity contribution in [3.05, 3.63) is 0 Å². The van der Waals surface area contributed by atoms with Gasteiger partial charge in [-0.25, -0.2) is 0 Å². The lowest BCUT2D eigenvalue weighted by Crippen LogP contribution is -2.41. The number of rotatable bonds is 4.